The molecule has 0 aliphatic carbocycles. The lowest BCUT2D eigenvalue weighted by Gasteiger charge is -2.26. The maximum Gasteiger partial charge on any atom is 0.124 e. The largest absolute Gasteiger partial charge is 0.254 e. The number of fused-ring (bicyclic) bond motifs is 3. The van der Waals surface area contributed by atoms with Crippen LogP contribution < -0.4 is 5.23 Å². The standard InChI is InChI=1S/C24H23N3O2/c1-23(2)24(3,4)29-27(28-23)19-12-9-16(10-13-19)20-14-11-18-8-7-17-6-5-15-25-21(17)22(18)26-20/h5-15H,1-4H3. The zero-order valence-corrected chi connectivity index (χ0v) is 17.0. The minimum atomic E-state index is -0.417. The quantitative estimate of drug-likeness (QED) is 0.415. The van der Waals surface area contributed by atoms with Crippen LogP contribution in [0.2, 0.25) is 0 Å². The zero-order valence-electron chi connectivity index (χ0n) is 17.0. The van der Waals surface area contributed by atoms with Crippen molar-refractivity contribution in [3.63, 3.8) is 0 Å². The Morgan fingerprint density at radius 2 is 1.34 bits per heavy atom. The number of hydrogen-bond acceptors (Lipinski definition) is 5. The van der Waals surface area contributed by atoms with Crippen molar-refractivity contribution in [2.75, 3.05) is 5.23 Å². The van der Waals surface area contributed by atoms with Crippen LogP contribution in [-0.4, -0.2) is 21.2 Å². The van der Waals surface area contributed by atoms with Crippen LogP contribution in [0, 0.1) is 0 Å². The first-order valence-electron chi connectivity index (χ1n) is 9.77. The first-order chi connectivity index (χ1) is 13.8. The minimum absolute atomic E-state index is 0.417. The van der Waals surface area contributed by atoms with Crippen LogP contribution in [-0.2, 0) is 9.68 Å². The monoisotopic (exact) mass is 385 g/mol. The van der Waals surface area contributed by atoms with E-state index in [0.717, 1.165) is 38.8 Å². The molecule has 0 unspecified atom stereocenters. The van der Waals surface area contributed by atoms with Gasteiger partial charge in [0, 0.05) is 22.5 Å². The number of anilines is 1. The highest BCUT2D eigenvalue weighted by Crippen LogP contribution is 2.40. The van der Waals surface area contributed by atoms with Crippen molar-refractivity contribution in [1.29, 1.82) is 0 Å². The Labute approximate surface area is 169 Å². The van der Waals surface area contributed by atoms with E-state index in [4.69, 9.17) is 14.7 Å². The molecule has 3 heterocycles. The van der Waals surface area contributed by atoms with Gasteiger partial charge in [-0.25, -0.2) is 14.7 Å². The van der Waals surface area contributed by atoms with Crippen LogP contribution >= 0.6 is 0 Å². The Hall–Kier alpha value is -3.02. The molecule has 2 aromatic heterocycles. The van der Waals surface area contributed by atoms with Gasteiger partial charge in [-0.05, 0) is 52.0 Å². The fourth-order valence-corrected chi connectivity index (χ4v) is 3.40. The first kappa shape index (κ1) is 18.0. The van der Waals surface area contributed by atoms with E-state index in [0.29, 0.717) is 0 Å². The molecule has 0 radical (unpaired) electrons. The normalized spacial score (nSPS) is 17.9. The summed E-state index contributed by atoms with van der Waals surface area (Å²) >= 11 is 0. The van der Waals surface area contributed by atoms with Gasteiger partial charge in [0.15, 0.2) is 0 Å². The summed E-state index contributed by atoms with van der Waals surface area (Å²) in [5.74, 6) is 0. The number of aromatic nitrogens is 2. The molecule has 29 heavy (non-hydrogen) atoms. The predicted molar refractivity (Wildman–Crippen MR) is 115 cm³/mol. The van der Waals surface area contributed by atoms with E-state index in [1.54, 1.807) is 0 Å². The summed E-state index contributed by atoms with van der Waals surface area (Å²) in [4.78, 5) is 21.4. The molecule has 0 amide bonds. The van der Waals surface area contributed by atoms with Crippen molar-refractivity contribution < 1.29 is 9.68 Å². The summed E-state index contributed by atoms with van der Waals surface area (Å²) in [5.41, 5.74) is 3.79. The third-order valence-electron chi connectivity index (χ3n) is 5.88. The second-order valence-corrected chi connectivity index (χ2v) is 8.42. The minimum Gasteiger partial charge on any atom is -0.254 e. The maximum absolute atomic E-state index is 5.99. The molecule has 1 aliphatic rings. The van der Waals surface area contributed by atoms with Gasteiger partial charge in [-0.1, -0.05) is 36.4 Å². The van der Waals surface area contributed by atoms with E-state index >= 15 is 0 Å². The molecule has 5 heteroatoms. The number of rotatable bonds is 2. The molecule has 1 aliphatic heterocycles. The SMILES string of the molecule is CC1(C)ON(c2ccc(-c3ccc4ccc5cccnc5c4n3)cc2)OC1(C)C. The van der Waals surface area contributed by atoms with Gasteiger partial charge in [-0.15, -0.1) is 5.23 Å². The van der Waals surface area contributed by atoms with Crippen LogP contribution in [0.3, 0.4) is 0 Å². The molecule has 0 bridgehead atoms. The van der Waals surface area contributed by atoms with Gasteiger partial charge < -0.3 is 0 Å². The van der Waals surface area contributed by atoms with Crippen LogP contribution in [0.5, 0.6) is 0 Å². The predicted octanol–water partition coefficient (Wildman–Crippen LogP) is 5.69. The van der Waals surface area contributed by atoms with Gasteiger partial charge in [-0.2, -0.15) is 0 Å². The molecule has 0 atom stereocenters. The van der Waals surface area contributed by atoms with E-state index in [1.807, 2.05) is 70.3 Å². The van der Waals surface area contributed by atoms with Gasteiger partial charge in [0.2, 0.25) is 0 Å². The first-order valence-corrected chi connectivity index (χ1v) is 9.77. The third kappa shape index (κ3) is 2.94. The van der Waals surface area contributed by atoms with E-state index in [2.05, 4.69) is 29.2 Å². The van der Waals surface area contributed by atoms with Crippen molar-refractivity contribution in [3.05, 3.63) is 66.9 Å². The highest BCUT2D eigenvalue weighted by molar-refractivity contribution is 6.03. The van der Waals surface area contributed by atoms with Crippen LogP contribution in [0.15, 0.2) is 66.9 Å². The van der Waals surface area contributed by atoms with Gasteiger partial charge in [-0.3, -0.25) is 4.98 Å². The summed E-state index contributed by atoms with van der Waals surface area (Å²) < 4.78 is 0. The molecule has 1 fully saturated rings. The summed E-state index contributed by atoms with van der Waals surface area (Å²) in [6.07, 6.45) is 1.81. The van der Waals surface area contributed by atoms with Crippen LogP contribution in [0.1, 0.15) is 27.7 Å². The molecule has 5 nitrogen and oxygen atoms in total. The van der Waals surface area contributed by atoms with Crippen molar-refractivity contribution in [1.82, 2.24) is 9.97 Å². The average molecular weight is 385 g/mol. The second kappa shape index (κ2) is 6.24. The number of nitrogens with zero attached hydrogens (tertiary/aromatic N) is 3. The molecule has 5 rings (SSSR count). The van der Waals surface area contributed by atoms with Crippen LogP contribution in [0.25, 0.3) is 33.1 Å². The highest BCUT2D eigenvalue weighted by Gasteiger charge is 2.50. The fourth-order valence-electron chi connectivity index (χ4n) is 3.40. The maximum atomic E-state index is 5.99. The van der Waals surface area contributed by atoms with Crippen molar-refractivity contribution in [2.24, 2.45) is 0 Å². The Bertz CT molecular complexity index is 1200. The van der Waals surface area contributed by atoms with Crippen molar-refractivity contribution in [3.8, 4) is 11.3 Å². The summed E-state index contributed by atoms with van der Waals surface area (Å²) in [7, 11) is 0. The molecule has 1 saturated heterocycles. The third-order valence-corrected chi connectivity index (χ3v) is 5.88. The summed E-state index contributed by atoms with van der Waals surface area (Å²) in [6.45, 7) is 8.11. The molecule has 0 N–H and O–H groups in total. The second-order valence-electron chi connectivity index (χ2n) is 8.42. The molecule has 4 aromatic rings. The zero-order chi connectivity index (χ0) is 20.2. The molecular formula is C24H23N3O2. The van der Waals surface area contributed by atoms with Gasteiger partial charge in [0.05, 0.1) is 22.4 Å². The lowest BCUT2D eigenvalue weighted by molar-refractivity contribution is -0.0272. The van der Waals surface area contributed by atoms with Crippen molar-refractivity contribution >= 4 is 27.5 Å². The van der Waals surface area contributed by atoms with E-state index in [9.17, 15) is 0 Å². The summed E-state index contributed by atoms with van der Waals surface area (Å²) in [6, 6.07) is 20.4. The molecule has 2 aromatic carbocycles. The Morgan fingerprint density at radius 3 is 2.03 bits per heavy atom. The highest BCUT2D eigenvalue weighted by atomic mass is 17.0. The van der Waals surface area contributed by atoms with Crippen molar-refractivity contribution in [2.45, 2.75) is 38.9 Å². The van der Waals surface area contributed by atoms with Gasteiger partial charge in [0.25, 0.3) is 0 Å². The lowest BCUT2D eigenvalue weighted by Crippen LogP contribution is -2.41. The average Bonchev–Trinajstić information content (AvgIpc) is 2.95. The molecular weight excluding hydrogens is 362 g/mol. The van der Waals surface area contributed by atoms with Crippen LogP contribution in [0.4, 0.5) is 5.69 Å². The number of benzene rings is 2. The molecule has 0 saturated carbocycles. The number of hydrogen-bond donors (Lipinski definition) is 0. The topological polar surface area (TPSA) is 47.5 Å². The lowest BCUT2D eigenvalue weighted by atomic mass is 9.90. The number of pyridine rings is 2. The summed E-state index contributed by atoms with van der Waals surface area (Å²) in [5, 5.41) is 3.68. The molecule has 0 spiro atoms. The van der Waals surface area contributed by atoms with Gasteiger partial charge >= 0.3 is 0 Å². The van der Waals surface area contributed by atoms with E-state index in [-0.39, 0.29) is 0 Å². The Kier molecular flexibility index (Phi) is 3.88. The smallest absolute Gasteiger partial charge is 0.124 e. The van der Waals surface area contributed by atoms with Gasteiger partial charge in [0.1, 0.15) is 11.2 Å². The molecule has 146 valence electrons. The van der Waals surface area contributed by atoms with E-state index < -0.39 is 11.2 Å². The Morgan fingerprint density at radius 1 is 0.724 bits per heavy atom. The Balaban J connectivity index is 1.50. The van der Waals surface area contributed by atoms with E-state index in [1.165, 1.54) is 5.23 Å². The fraction of sp³-hybridized carbons (Fsp3) is 0.250.